The summed E-state index contributed by atoms with van der Waals surface area (Å²) >= 11 is 0. The van der Waals surface area contributed by atoms with Crippen LogP contribution in [0.3, 0.4) is 0 Å². The molecule has 0 aromatic heterocycles. The van der Waals surface area contributed by atoms with E-state index in [1.165, 1.54) is 57.8 Å². The molecule has 0 rings (SSSR count). The second-order valence-corrected chi connectivity index (χ2v) is 18.8. The van der Waals surface area contributed by atoms with E-state index in [0.717, 1.165) is 109 Å². The number of hydrogen-bond donors (Lipinski definition) is 0. The number of carboxylic acid groups (broad SMARTS) is 1. The van der Waals surface area contributed by atoms with Crippen molar-refractivity contribution in [3.8, 4) is 0 Å². The molecule has 0 aromatic carbocycles. The van der Waals surface area contributed by atoms with Gasteiger partial charge in [-0.3, -0.25) is 9.59 Å². The van der Waals surface area contributed by atoms with Gasteiger partial charge >= 0.3 is 11.9 Å². The number of unbranched alkanes of at least 4 members (excludes halogenated alkanes) is 17. The standard InChI is InChI=1S/C59H99NO8/c1-6-8-10-12-14-16-18-20-21-22-23-24-25-26-27-28-29-30-31-32-33-34-35-36-37-38-40-42-44-46-48-50-57(62)68-55(54-67-59(58(63)64)65-52-51-60(3,4)5)53-66-56(61)49-47-45-43-41-39-19-17-15-13-11-9-7-2/h8,10,14,16,20-21,23-24,26-27,29-30,32-33,35-36,55,59H,6-7,9,11-13,15,17-19,22,25,28,31,34,37-54H2,1-5H3/b10-8-,16-14-,21-20-,24-23-,27-26-,30-29-,33-32-,36-35-. The molecule has 0 fully saturated rings. The number of likely N-dealkylation sites (N-methyl/N-ethyl adjacent to an activating group) is 1. The van der Waals surface area contributed by atoms with Crippen molar-refractivity contribution in [2.45, 2.75) is 212 Å². The van der Waals surface area contributed by atoms with Gasteiger partial charge in [-0.15, -0.1) is 0 Å². The van der Waals surface area contributed by atoms with Gasteiger partial charge < -0.3 is 33.3 Å². The Morgan fingerprint density at radius 1 is 0.456 bits per heavy atom. The molecule has 0 saturated carbocycles. The Morgan fingerprint density at radius 2 is 0.838 bits per heavy atom. The molecule has 9 nitrogen and oxygen atoms in total. The van der Waals surface area contributed by atoms with Crippen molar-refractivity contribution in [1.29, 1.82) is 0 Å². The predicted molar refractivity (Wildman–Crippen MR) is 283 cm³/mol. The molecule has 0 N–H and O–H groups in total. The Bertz CT molecular complexity index is 1430. The zero-order chi connectivity index (χ0) is 49.9. The molecule has 388 valence electrons. The van der Waals surface area contributed by atoms with Crippen LogP contribution in [0.2, 0.25) is 0 Å². The number of nitrogens with zero attached hydrogens (tertiary/aromatic N) is 1. The average Bonchev–Trinajstić information content (AvgIpc) is 3.30. The first-order valence-corrected chi connectivity index (χ1v) is 26.9. The fourth-order valence-electron chi connectivity index (χ4n) is 6.96. The van der Waals surface area contributed by atoms with Gasteiger partial charge in [0, 0.05) is 12.8 Å². The molecule has 0 aromatic rings. The summed E-state index contributed by atoms with van der Waals surface area (Å²) < 4.78 is 22.6. The Labute approximate surface area is 416 Å². The van der Waals surface area contributed by atoms with E-state index in [2.05, 4.69) is 111 Å². The van der Waals surface area contributed by atoms with Crippen LogP contribution in [0.25, 0.3) is 0 Å². The highest BCUT2D eigenvalue weighted by atomic mass is 16.7. The fourth-order valence-corrected chi connectivity index (χ4v) is 6.96. The second-order valence-electron chi connectivity index (χ2n) is 18.8. The topological polar surface area (TPSA) is 111 Å². The molecule has 0 heterocycles. The van der Waals surface area contributed by atoms with E-state index in [1.807, 2.05) is 21.1 Å². The second kappa shape index (κ2) is 49.6. The zero-order valence-electron chi connectivity index (χ0n) is 43.9. The van der Waals surface area contributed by atoms with Gasteiger partial charge in [-0.05, 0) is 77.0 Å². The highest BCUT2D eigenvalue weighted by molar-refractivity contribution is 5.70. The summed E-state index contributed by atoms with van der Waals surface area (Å²) in [4.78, 5) is 37.1. The molecule has 0 bridgehead atoms. The van der Waals surface area contributed by atoms with Crippen LogP contribution >= 0.6 is 0 Å². The van der Waals surface area contributed by atoms with Gasteiger partial charge in [0.2, 0.25) is 0 Å². The molecule has 0 aliphatic heterocycles. The van der Waals surface area contributed by atoms with Crippen LogP contribution in [0, 0.1) is 0 Å². The third kappa shape index (κ3) is 50.1. The van der Waals surface area contributed by atoms with E-state index in [4.69, 9.17) is 18.9 Å². The van der Waals surface area contributed by atoms with Gasteiger partial charge in [-0.2, -0.15) is 0 Å². The van der Waals surface area contributed by atoms with E-state index >= 15 is 0 Å². The fraction of sp³-hybridized carbons (Fsp3) is 0.678. The minimum Gasteiger partial charge on any atom is -0.545 e. The molecule has 0 aliphatic rings. The molecule has 0 spiro atoms. The van der Waals surface area contributed by atoms with Crippen molar-refractivity contribution in [2.75, 3.05) is 47.5 Å². The Morgan fingerprint density at radius 3 is 1.25 bits per heavy atom. The Hall–Kier alpha value is -3.79. The lowest BCUT2D eigenvalue weighted by Crippen LogP contribution is -2.44. The van der Waals surface area contributed by atoms with Crippen molar-refractivity contribution in [2.24, 2.45) is 0 Å². The summed E-state index contributed by atoms with van der Waals surface area (Å²) in [5.74, 6) is -2.31. The number of carbonyl (C=O) groups is 3. The molecule has 2 atom stereocenters. The van der Waals surface area contributed by atoms with Crippen molar-refractivity contribution >= 4 is 17.9 Å². The van der Waals surface area contributed by atoms with Crippen LogP contribution in [-0.2, 0) is 33.3 Å². The number of allylic oxidation sites excluding steroid dienone is 16. The lowest BCUT2D eigenvalue weighted by Gasteiger charge is -2.26. The van der Waals surface area contributed by atoms with Gasteiger partial charge in [0.1, 0.15) is 13.2 Å². The molecule has 0 aliphatic carbocycles. The first-order chi connectivity index (χ1) is 33.1. The lowest BCUT2D eigenvalue weighted by molar-refractivity contribution is -0.870. The minimum absolute atomic E-state index is 0.141. The monoisotopic (exact) mass is 950 g/mol. The maximum atomic E-state index is 12.8. The van der Waals surface area contributed by atoms with E-state index in [-0.39, 0.29) is 38.6 Å². The SMILES string of the molecule is CC/C=C\C/C=C\C/C=C\C/C=C\C/C=C\C/C=C\C/C=C\C/C=C\CCCCCCCCC(=O)OC(COC(=O)CCCCCCCCCCCCCC)COC(OCC[N+](C)(C)C)C(=O)[O-]. The molecular weight excluding hydrogens is 851 g/mol. The number of carboxylic acids is 1. The smallest absolute Gasteiger partial charge is 0.306 e. The Kier molecular flexibility index (Phi) is 46.9. The number of aliphatic carboxylic acids is 1. The molecular formula is C59H99NO8. The van der Waals surface area contributed by atoms with E-state index < -0.39 is 24.3 Å². The van der Waals surface area contributed by atoms with Crippen molar-refractivity contribution in [3.05, 3.63) is 97.2 Å². The molecule has 0 radical (unpaired) electrons. The van der Waals surface area contributed by atoms with Gasteiger partial charge in [0.25, 0.3) is 0 Å². The van der Waals surface area contributed by atoms with Crippen LogP contribution < -0.4 is 5.11 Å². The molecule has 68 heavy (non-hydrogen) atoms. The van der Waals surface area contributed by atoms with Crippen LogP contribution in [0.15, 0.2) is 97.2 Å². The summed E-state index contributed by atoms with van der Waals surface area (Å²) in [6, 6.07) is 0. The largest absolute Gasteiger partial charge is 0.545 e. The number of hydrogen-bond acceptors (Lipinski definition) is 8. The third-order valence-corrected chi connectivity index (χ3v) is 11.1. The first-order valence-electron chi connectivity index (χ1n) is 26.9. The maximum absolute atomic E-state index is 12.8. The van der Waals surface area contributed by atoms with Gasteiger partial charge in [-0.25, -0.2) is 0 Å². The maximum Gasteiger partial charge on any atom is 0.306 e. The van der Waals surface area contributed by atoms with Crippen LogP contribution in [0.1, 0.15) is 200 Å². The Balaban J connectivity index is 4.29. The van der Waals surface area contributed by atoms with Gasteiger partial charge in [-0.1, -0.05) is 207 Å². The minimum atomic E-state index is -1.63. The van der Waals surface area contributed by atoms with Crippen LogP contribution in [0.4, 0.5) is 0 Å². The predicted octanol–water partition coefficient (Wildman–Crippen LogP) is 14.1. The van der Waals surface area contributed by atoms with E-state index in [0.29, 0.717) is 17.4 Å². The number of esters is 2. The normalized spacial score (nSPS) is 13.6. The summed E-state index contributed by atoms with van der Waals surface area (Å²) in [6.45, 7) is 4.59. The highest BCUT2D eigenvalue weighted by Crippen LogP contribution is 2.14. The van der Waals surface area contributed by atoms with Crippen molar-refractivity contribution in [3.63, 3.8) is 0 Å². The van der Waals surface area contributed by atoms with Crippen molar-refractivity contribution < 1.29 is 42.9 Å². The summed E-state index contributed by atoms with van der Waals surface area (Å²) in [6.07, 6.45) is 63.0. The molecule has 0 saturated heterocycles. The zero-order valence-corrected chi connectivity index (χ0v) is 43.9. The van der Waals surface area contributed by atoms with Gasteiger partial charge in [0.05, 0.1) is 40.3 Å². The average molecular weight is 950 g/mol. The molecule has 0 amide bonds. The summed E-state index contributed by atoms with van der Waals surface area (Å²) in [5.41, 5.74) is 0. The lowest BCUT2D eigenvalue weighted by atomic mass is 10.0. The van der Waals surface area contributed by atoms with E-state index in [9.17, 15) is 19.5 Å². The van der Waals surface area contributed by atoms with Crippen LogP contribution in [0.5, 0.6) is 0 Å². The summed E-state index contributed by atoms with van der Waals surface area (Å²) in [7, 11) is 5.90. The third-order valence-electron chi connectivity index (χ3n) is 11.1. The number of rotatable bonds is 48. The first kappa shape index (κ1) is 64.2. The van der Waals surface area contributed by atoms with Crippen molar-refractivity contribution in [1.82, 2.24) is 0 Å². The van der Waals surface area contributed by atoms with Crippen LogP contribution in [-0.4, -0.2) is 82.3 Å². The molecule has 9 heteroatoms. The van der Waals surface area contributed by atoms with E-state index in [1.54, 1.807) is 0 Å². The quantitative estimate of drug-likeness (QED) is 0.0195. The summed E-state index contributed by atoms with van der Waals surface area (Å²) in [5, 5.41) is 11.7. The number of quaternary nitrogens is 1. The highest BCUT2D eigenvalue weighted by Gasteiger charge is 2.22. The number of ether oxygens (including phenoxy) is 4. The number of carbonyl (C=O) groups excluding carboxylic acids is 3. The van der Waals surface area contributed by atoms with Gasteiger partial charge in [0.15, 0.2) is 12.4 Å². The molecule has 2 unspecified atom stereocenters.